The maximum atomic E-state index is 12.5. The second-order valence-corrected chi connectivity index (χ2v) is 8.30. The van der Waals surface area contributed by atoms with E-state index in [2.05, 4.69) is 10.1 Å². The third kappa shape index (κ3) is 5.29. The molecular formula is C19H17F3N2O5S. The molecule has 1 aliphatic rings. The van der Waals surface area contributed by atoms with Crippen molar-refractivity contribution in [3.63, 3.8) is 0 Å². The van der Waals surface area contributed by atoms with Crippen LogP contribution >= 0.6 is 0 Å². The number of hydrogen-bond acceptors (Lipinski definition) is 5. The van der Waals surface area contributed by atoms with Gasteiger partial charge in [0.2, 0.25) is 5.91 Å². The number of ether oxygens (including phenoxy) is 1. The molecule has 2 aromatic rings. The van der Waals surface area contributed by atoms with Gasteiger partial charge < -0.3 is 10.1 Å². The Bertz CT molecular complexity index is 1050. The van der Waals surface area contributed by atoms with Gasteiger partial charge in [0.25, 0.3) is 15.9 Å². The molecule has 7 nitrogen and oxygen atoms in total. The minimum Gasteiger partial charge on any atom is -0.405 e. The van der Waals surface area contributed by atoms with Crippen LogP contribution < -0.4 is 14.8 Å². The molecule has 11 heteroatoms. The zero-order valence-electron chi connectivity index (χ0n) is 15.4. The topological polar surface area (TPSA) is 102 Å². The molecule has 2 N–H and O–H groups in total. The molecule has 0 bridgehead atoms. The van der Waals surface area contributed by atoms with Gasteiger partial charge in [-0.15, -0.1) is 13.2 Å². The number of anilines is 1. The quantitative estimate of drug-likeness (QED) is 0.714. The van der Waals surface area contributed by atoms with E-state index in [1.165, 1.54) is 36.4 Å². The summed E-state index contributed by atoms with van der Waals surface area (Å²) in [6.07, 6.45) is -2.44. The van der Waals surface area contributed by atoms with Crippen LogP contribution in [-0.2, 0) is 14.8 Å². The number of nitrogens with one attached hydrogen (secondary N) is 2. The van der Waals surface area contributed by atoms with Crippen molar-refractivity contribution in [3.05, 3.63) is 54.1 Å². The van der Waals surface area contributed by atoms with E-state index in [4.69, 9.17) is 0 Å². The van der Waals surface area contributed by atoms with Crippen LogP contribution in [0.1, 0.15) is 29.6 Å². The second-order valence-electron chi connectivity index (χ2n) is 6.62. The first-order chi connectivity index (χ1) is 14.0. The van der Waals surface area contributed by atoms with Crippen molar-refractivity contribution in [3.8, 4) is 5.75 Å². The Kier molecular flexibility index (Phi) is 6.01. The van der Waals surface area contributed by atoms with Crippen LogP contribution in [0, 0.1) is 5.92 Å². The first-order valence-electron chi connectivity index (χ1n) is 8.88. The highest BCUT2D eigenvalue weighted by molar-refractivity contribution is 7.90. The average Bonchev–Trinajstić information content (AvgIpc) is 2.59. The molecular weight excluding hydrogens is 425 g/mol. The van der Waals surface area contributed by atoms with Crippen LogP contribution in [0.3, 0.4) is 0 Å². The van der Waals surface area contributed by atoms with Crippen molar-refractivity contribution in [1.29, 1.82) is 0 Å². The van der Waals surface area contributed by atoms with Gasteiger partial charge in [-0.1, -0.05) is 18.6 Å². The van der Waals surface area contributed by atoms with Crippen molar-refractivity contribution in [1.82, 2.24) is 4.72 Å². The van der Waals surface area contributed by atoms with Gasteiger partial charge in [0.1, 0.15) is 5.75 Å². The van der Waals surface area contributed by atoms with Gasteiger partial charge in [-0.25, -0.2) is 13.1 Å². The van der Waals surface area contributed by atoms with Crippen LogP contribution in [0.5, 0.6) is 5.75 Å². The summed E-state index contributed by atoms with van der Waals surface area (Å²) in [5.41, 5.74) is -0.205. The number of alkyl halides is 3. The van der Waals surface area contributed by atoms with Crippen molar-refractivity contribution in [2.24, 2.45) is 5.92 Å². The van der Waals surface area contributed by atoms with E-state index in [0.29, 0.717) is 5.69 Å². The van der Waals surface area contributed by atoms with E-state index >= 15 is 0 Å². The predicted octanol–water partition coefficient (Wildman–Crippen LogP) is 3.44. The molecule has 1 saturated carbocycles. The first kappa shape index (κ1) is 21.6. The largest absolute Gasteiger partial charge is 0.573 e. The fourth-order valence-electron chi connectivity index (χ4n) is 2.74. The van der Waals surface area contributed by atoms with Crippen LogP contribution in [0.25, 0.3) is 0 Å². The monoisotopic (exact) mass is 442 g/mol. The molecule has 30 heavy (non-hydrogen) atoms. The lowest BCUT2D eigenvalue weighted by Gasteiger charge is -2.24. The molecule has 1 fully saturated rings. The standard InChI is InChI=1S/C19H17F3N2O5S/c20-19(21,22)29-16-7-2-1-6-15(16)18(26)24-30(27,28)14-10-8-13(9-11-14)23-17(25)12-4-3-5-12/h1-2,6-12H,3-5H2,(H,23,25)(H,24,26). The van der Waals surface area contributed by atoms with Gasteiger partial charge in [-0.05, 0) is 49.2 Å². The van der Waals surface area contributed by atoms with Crippen molar-refractivity contribution in [2.75, 3.05) is 5.32 Å². The second kappa shape index (κ2) is 8.34. The summed E-state index contributed by atoms with van der Waals surface area (Å²) in [6, 6.07) is 9.44. The third-order valence-electron chi connectivity index (χ3n) is 4.49. The Morgan fingerprint density at radius 3 is 2.20 bits per heavy atom. The molecule has 0 atom stereocenters. The minimum atomic E-state index is -5.05. The van der Waals surface area contributed by atoms with Crippen molar-refractivity contribution in [2.45, 2.75) is 30.5 Å². The van der Waals surface area contributed by atoms with E-state index in [-0.39, 0.29) is 16.7 Å². The number of rotatable bonds is 6. The number of hydrogen-bond donors (Lipinski definition) is 2. The van der Waals surface area contributed by atoms with Gasteiger partial charge in [-0.3, -0.25) is 9.59 Å². The molecule has 0 aliphatic heterocycles. The van der Waals surface area contributed by atoms with Crippen molar-refractivity contribution < 1.29 is 35.9 Å². The fourth-order valence-corrected chi connectivity index (χ4v) is 3.70. The zero-order chi connectivity index (χ0) is 21.9. The summed E-state index contributed by atoms with van der Waals surface area (Å²) in [4.78, 5) is 23.9. The summed E-state index contributed by atoms with van der Waals surface area (Å²) in [5.74, 6) is -2.30. The number of sulfonamides is 1. The molecule has 0 spiro atoms. The average molecular weight is 442 g/mol. The molecule has 3 rings (SSSR count). The summed E-state index contributed by atoms with van der Waals surface area (Å²) in [7, 11) is -4.37. The number of para-hydroxylation sites is 1. The van der Waals surface area contributed by atoms with Gasteiger partial charge in [0, 0.05) is 11.6 Å². The Morgan fingerprint density at radius 2 is 1.63 bits per heavy atom. The summed E-state index contributed by atoms with van der Waals surface area (Å²) in [6.45, 7) is 0. The van der Waals surface area contributed by atoms with E-state index in [0.717, 1.165) is 31.4 Å². The Hall–Kier alpha value is -3.08. The number of carbonyl (C=O) groups is 2. The lowest BCUT2D eigenvalue weighted by atomic mass is 9.85. The number of carbonyl (C=O) groups excluding carboxylic acids is 2. The van der Waals surface area contributed by atoms with E-state index in [1.54, 1.807) is 4.72 Å². The van der Waals surface area contributed by atoms with Gasteiger partial charge in [0.15, 0.2) is 0 Å². The fraction of sp³-hybridized carbons (Fsp3) is 0.263. The van der Waals surface area contributed by atoms with E-state index < -0.39 is 33.6 Å². The minimum absolute atomic E-state index is 0.0494. The molecule has 0 saturated heterocycles. The Morgan fingerprint density at radius 1 is 1.00 bits per heavy atom. The lowest BCUT2D eigenvalue weighted by molar-refractivity contribution is -0.274. The normalized spacial score (nSPS) is 14.5. The molecule has 0 heterocycles. The molecule has 2 amide bonds. The third-order valence-corrected chi connectivity index (χ3v) is 5.84. The van der Waals surface area contributed by atoms with Crippen LogP contribution in [0.15, 0.2) is 53.4 Å². The smallest absolute Gasteiger partial charge is 0.405 e. The maximum Gasteiger partial charge on any atom is 0.573 e. The number of benzene rings is 2. The van der Waals surface area contributed by atoms with E-state index in [1.807, 2.05) is 0 Å². The van der Waals surface area contributed by atoms with E-state index in [9.17, 15) is 31.2 Å². The SMILES string of the molecule is O=C(NS(=O)(=O)c1ccc(NC(=O)C2CCC2)cc1)c1ccccc1OC(F)(F)F. The summed E-state index contributed by atoms with van der Waals surface area (Å²) < 4.78 is 67.8. The van der Waals surface area contributed by atoms with Crippen LogP contribution in [-0.4, -0.2) is 26.6 Å². The maximum absolute atomic E-state index is 12.5. The number of halogens is 3. The molecule has 1 aliphatic carbocycles. The zero-order valence-corrected chi connectivity index (χ0v) is 16.2. The highest BCUT2D eigenvalue weighted by atomic mass is 32.2. The number of amides is 2. The van der Waals surface area contributed by atoms with Crippen molar-refractivity contribution >= 4 is 27.5 Å². The summed E-state index contributed by atoms with van der Waals surface area (Å²) in [5, 5.41) is 2.67. The van der Waals surface area contributed by atoms with Crippen LogP contribution in [0.4, 0.5) is 18.9 Å². The molecule has 0 unspecified atom stereocenters. The Balaban J connectivity index is 1.72. The predicted molar refractivity (Wildman–Crippen MR) is 100 cm³/mol. The van der Waals surface area contributed by atoms with Gasteiger partial charge in [0.05, 0.1) is 10.5 Å². The molecule has 0 radical (unpaired) electrons. The molecule has 160 valence electrons. The van der Waals surface area contributed by atoms with Crippen LogP contribution in [0.2, 0.25) is 0 Å². The molecule has 0 aromatic heterocycles. The lowest BCUT2D eigenvalue weighted by Crippen LogP contribution is -2.31. The van der Waals surface area contributed by atoms with Gasteiger partial charge in [-0.2, -0.15) is 0 Å². The summed E-state index contributed by atoms with van der Waals surface area (Å²) >= 11 is 0. The molecule has 2 aromatic carbocycles. The highest BCUT2D eigenvalue weighted by Gasteiger charge is 2.33. The first-order valence-corrected chi connectivity index (χ1v) is 10.4. The van der Waals surface area contributed by atoms with Gasteiger partial charge >= 0.3 is 6.36 Å². The Labute approximate surface area is 170 Å². The highest BCUT2D eigenvalue weighted by Crippen LogP contribution is 2.28.